The van der Waals surface area contributed by atoms with Crippen molar-refractivity contribution >= 4 is 0 Å². The standard InChI is InChI=1S/C14H18F3NO2/c1-9(18)6-10-2-3-13(12(7-10)14(15,16)17)20-11-4-5-19-8-11/h2-3,7,9,11H,4-6,8,18H2,1H3. The second-order valence-corrected chi connectivity index (χ2v) is 5.11. The largest absolute Gasteiger partial charge is 0.487 e. The minimum absolute atomic E-state index is 0.138. The number of halogens is 3. The predicted octanol–water partition coefficient (Wildman–Crippen LogP) is 2.76. The third-order valence-corrected chi connectivity index (χ3v) is 3.09. The number of hydrogen-bond donors (Lipinski definition) is 1. The van der Waals surface area contributed by atoms with Crippen LogP contribution in [0.4, 0.5) is 13.2 Å². The number of alkyl halides is 3. The van der Waals surface area contributed by atoms with Crippen molar-refractivity contribution in [1.82, 2.24) is 0 Å². The highest BCUT2D eigenvalue weighted by atomic mass is 19.4. The summed E-state index contributed by atoms with van der Waals surface area (Å²) in [6.45, 7) is 2.61. The summed E-state index contributed by atoms with van der Waals surface area (Å²) in [5, 5.41) is 0. The molecule has 20 heavy (non-hydrogen) atoms. The summed E-state index contributed by atoms with van der Waals surface area (Å²) in [7, 11) is 0. The highest BCUT2D eigenvalue weighted by Gasteiger charge is 2.35. The second-order valence-electron chi connectivity index (χ2n) is 5.11. The molecule has 2 rings (SSSR count). The smallest absolute Gasteiger partial charge is 0.419 e. The van der Waals surface area contributed by atoms with Crippen LogP contribution in [0, 0.1) is 0 Å². The summed E-state index contributed by atoms with van der Waals surface area (Å²) >= 11 is 0. The summed E-state index contributed by atoms with van der Waals surface area (Å²) in [6.07, 6.45) is -3.74. The number of hydrogen-bond acceptors (Lipinski definition) is 3. The van der Waals surface area contributed by atoms with E-state index in [0.717, 1.165) is 6.07 Å². The van der Waals surface area contributed by atoms with Gasteiger partial charge in [-0.05, 0) is 31.0 Å². The molecule has 1 fully saturated rings. The molecule has 1 saturated heterocycles. The van der Waals surface area contributed by atoms with E-state index in [0.29, 0.717) is 31.6 Å². The van der Waals surface area contributed by atoms with E-state index in [-0.39, 0.29) is 17.9 Å². The first-order valence-corrected chi connectivity index (χ1v) is 6.56. The van der Waals surface area contributed by atoms with Gasteiger partial charge in [0.2, 0.25) is 0 Å². The Bertz CT molecular complexity index is 454. The number of rotatable bonds is 4. The monoisotopic (exact) mass is 289 g/mol. The topological polar surface area (TPSA) is 44.5 Å². The lowest BCUT2D eigenvalue weighted by Crippen LogP contribution is -2.20. The molecule has 0 bridgehead atoms. The lowest BCUT2D eigenvalue weighted by Gasteiger charge is -2.18. The van der Waals surface area contributed by atoms with Crippen molar-refractivity contribution in [1.29, 1.82) is 0 Å². The SMILES string of the molecule is CC(N)Cc1ccc(OC2CCOC2)c(C(F)(F)F)c1. The van der Waals surface area contributed by atoms with Crippen LogP contribution in [0.15, 0.2) is 18.2 Å². The molecule has 112 valence electrons. The molecule has 1 aliphatic rings. The first-order valence-electron chi connectivity index (χ1n) is 6.56. The molecule has 1 heterocycles. The quantitative estimate of drug-likeness (QED) is 0.927. The van der Waals surface area contributed by atoms with Crippen molar-refractivity contribution in [2.45, 2.75) is 38.1 Å². The summed E-state index contributed by atoms with van der Waals surface area (Å²) in [6, 6.07) is 3.93. The van der Waals surface area contributed by atoms with Crippen LogP contribution in [0.3, 0.4) is 0 Å². The van der Waals surface area contributed by atoms with Gasteiger partial charge in [-0.3, -0.25) is 0 Å². The van der Waals surface area contributed by atoms with Crippen LogP contribution < -0.4 is 10.5 Å². The molecule has 2 unspecified atom stereocenters. The molecule has 2 N–H and O–H groups in total. The minimum atomic E-state index is -4.44. The maximum atomic E-state index is 13.1. The van der Waals surface area contributed by atoms with Crippen molar-refractivity contribution in [2.75, 3.05) is 13.2 Å². The van der Waals surface area contributed by atoms with Gasteiger partial charge < -0.3 is 15.2 Å². The van der Waals surface area contributed by atoms with Gasteiger partial charge in [0, 0.05) is 12.5 Å². The Morgan fingerprint density at radius 1 is 1.45 bits per heavy atom. The van der Waals surface area contributed by atoms with E-state index in [1.807, 2.05) is 0 Å². The van der Waals surface area contributed by atoms with Crippen LogP contribution in [-0.4, -0.2) is 25.4 Å². The number of benzene rings is 1. The molecule has 0 amide bonds. The molecule has 0 spiro atoms. The van der Waals surface area contributed by atoms with Crippen LogP contribution in [0.25, 0.3) is 0 Å². The normalized spacial score (nSPS) is 20.9. The Labute approximate surface area is 115 Å². The maximum absolute atomic E-state index is 13.1. The van der Waals surface area contributed by atoms with Crippen LogP contribution in [-0.2, 0) is 17.3 Å². The molecule has 3 nitrogen and oxygen atoms in total. The molecule has 6 heteroatoms. The lowest BCUT2D eigenvalue weighted by atomic mass is 10.0. The molecule has 0 aliphatic carbocycles. The van der Waals surface area contributed by atoms with Crippen molar-refractivity contribution in [2.24, 2.45) is 5.73 Å². The second kappa shape index (κ2) is 6.01. The highest BCUT2D eigenvalue weighted by molar-refractivity contribution is 5.39. The van der Waals surface area contributed by atoms with Gasteiger partial charge in [-0.15, -0.1) is 0 Å². The molecule has 2 atom stereocenters. The van der Waals surface area contributed by atoms with Crippen molar-refractivity contribution in [3.05, 3.63) is 29.3 Å². The predicted molar refractivity (Wildman–Crippen MR) is 68.6 cm³/mol. The average Bonchev–Trinajstić information content (AvgIpc) is 2.82. The van der Waals surface area contributed by atoms with E-state index in [9.17, 15) is 13.2 Å². The van der Waals surface area contributed by atoms with E-state index in [4.69, 9.17) is 15.2 Å². The van der Waals surface area contributed by atoms with E-state index >= 15 is 0 Å². The molecule has 1 aromatic rings. The Hall–Kier alpha value is -1.27. The van der Waals surface area contributed by atoms with Gasteiger partial charge in [-0.2, -0.15) is 13.2 Å². The lowest BCUT2D eigenvalue weighted by molar-refractivity contribution is -0.139. The van der Waals surface area contributed by atoms with E-state index in [2.05, 4.69) is 0 Å². The van der Waals surface area contributed by atoms with E-state index in [1.165, 1.54) is 6.07 Å². The number of nitrogens with two attached hydrogens (primary N) is 1. The Morgan fingerprint density at radius 3 is 2.75 bits per heavy atom. The van der Waals surface area contributed by atoms with Crippen molar-refractivity contribution < 1.29 is 22.6 Å². The summed E-state index contributed by atoms with van der Waals surface area (Å²) < 4.78 is 49.8. The van der Waals surface area contributed by atoms with Gasteiger partial charge in [-0.1, -0.05) is 6.07 Å². The zero-order valence-electron chi connectivity index (χ0n) is 11.2. The minimum Gasteiger partial charge on any atom is -0.487 e. The third-order valence-electron chi connectivity index (χ3n) is 3.09. The zero-order chi connectivity index (χ0) is 14.8. The molecule has 0 saturated carbocycles. The van der Waals surface area contributed by atoms with Gasteiger partial charge in [0.25, 0.3) is 0 Å². The van der Waals surface area contributed by atoms with Gasteiger partial charge in [0.15, 0.2) is 0 Å². The van der Waals surface area contributed by atoms with Crippen molar-refractivity contribution in [3.63, 3.8) is 0 Å². The molecular weight excluding hydrogens is 271 g/mol. The average molecular weight is 289 g/mol. The molecule has 0 aromatic heterocycles. The van der Waals surface area contributed by atoms with Crippen LogP contribution in [0.2, 0.25) is 0 Å². The zero-order valence-corrected chi connectivity index (χ0v) is 11.2. The van der Waals surface area contributed by atoms with E-state index in [1.54, 1.807) is 13.0 Å². The first-order chi connectivity index (χ1) is 9.36. The van der Waals surface area contributed by atoms with Crippen molar-refractivity contribution in [3.8, 4) is 5.75 Å². The summed E-state index contributed by atoms with van der Waals surface area (Å²) in [5.41, 5.74) is 5.43. The maximum Gasteiger partial charge on any atom is 0.419 e. The highest BCUT2D eigenvalue weighted by Crippen LogP contribution is 2.37. The molecule has 1 aliphatic heterocycles. The fourth-order valence-corrected chi connectivity index (χ4v) is 2.19. The van der Waals surface area contributed by atoms with Gasteiger partial charge in [0.05, 0.1) is 18.8 Å². The van der Waals surface area contributed by atoms with Gasteiger partial charge in [0.1, 0.15) is 11.9 Å². The molecule has 0 radical (unpaired) electrons. The van der Waals surface area contributed by atoms with Gasteiger partial charge >= 0.3 is 6.18 Å². The van der Waals surface area contributed by atoms with Crippen LogP contribution in [0.1, 0.15) is 24.5 Å². The Balaban J connectivity index is 2.25. The summed E-state index contributed by atoms with van der Waals surface area (Å²) in [4.78, 5) is 0. The van der Waals surface area contributed by atoms with Gasteiger partial charge in [-0.25, -0.2) is 0 Å². The summed E-state index contributed by atoms with van der Waals surface area (Å²) in [5.74, 6) is -0.138. The van der Waals surface area contributed by atoms with Crippen LogP contribution in [0.5, 0.6) is 5.75 Å². The molecule has 1 aromatic carbocycles. The first kappa shape index (κ1) is 15.1. The Kier molecular flexibility index (Phi) is 4.55. The van der Waals surface area contributed by atoms with E-state index < -0.39 is 11.7 Å². The number of ether oxygens (including phenoxy) is 2. The third kappa shape index (κ3) is 3.86. The fourth-order valence-electron chi connectivity index (χ4n) is 2.19. The molecular formula is C14H18F3NO2. The fraction of sp³-hybridized carbons (Fsp3) is 0.571. The Morgan fingerprint density at radius 2 is 2.20 bits per heavy atom. The van der Waals surface area contributed by atoms with Crippen LogP contribution >= 0.6 is 0 Å².